The van der Waals surface area contributed by atoms with Crippen LogP contribution in [0.3, 0.4) is 0 Å². The van der Waals surface area contributed by atoms with Crippen LogP contribution >= 0.6 is 0 Å². The maximum Gasteiger partial charge on any atom is 0.433 e. The summed E-state index contributed by atoms with van der Waals surface area (Å²) < 4.78 is 131. The van der Waals surface area contributed by atoms with Gasteiger partial charge < -0.3 is 20.6 Å². The Hall–Kier alpha value is -4.45. The van der Waals surface area contributed by atoms with Crippen LogP contribution in [-0.2, 0) is 18.3 Å². The van der Waals surface area contributed by atoms with E-state index in [-0.39, 0.29) is 49.7 Å². The normalized spacial score (nSPS) is 15.1. The molecule has 8 nitrogen and oxygen atoms in total. The first kappa shape index (κ1) is 34.4. The summed E-state index contributed by atoms with van der Waals surface area (Å²) in [6.45, 7) is 0.972. The second-order valence-electron chi connectivity index (χ2n) is 10.2. The summed E-state index contributed by atoms with van der Waals surface area (Å²) in [7, 11) is 0. The van der Waals surface area contributed by atoms with Gasteiger partial charge >= 0.3 is 24.6 Å². The molecule has 248 valence electrons. The molecule has 4 rings (SSSR count). The van der Waals surface area contributed by atoms with Crippen LogP contribution in [0.5, 0.6) is 0 Å². The fraction of sp³-hybridized carbons (Fsp3) is 0.321. The lowest BCUT2D eigenvalue weighted by Gasteiger charge is -2.35. The highest BCUT2D eigenvalue weighted by molar-refractivity contribution is 6.00. The predicted molar refractivity (Wildman–Crippen MR) is 142 cm³/mol. The number of nitrogens with zero attached hydrogens (tertiary/aromatic N) is 3. The lowest BCUT2D eigenvalue weighted by atomic mass is 9.91. The van der Waals surface area contributed by atoms with Gasteiger partial charge in [-0.15, -0.1) is 0 Å². The fourth-order valence-corrected chi connectivity index (χ4v) is 4.56. The van der Waals surface area contributed by atoms with E-state index >= 15 is 0 Å². The third kappa shape index (κ3) is 7.50. The Bertz CT molecular complexity index is 1540. The molecule has 1 aliphatic rings. The number of nitrogens with one attached hydrogen (secondary N) is 2. The average molecular weight is 668 g/mol. The molecule has 1 fully saturated rings. The minimum atomic E-state index is -6.00. The number of carbonyl (C=O) groups excluding carboxylic acids is 2. The van der Waals surface area contributed by atoms with E-state index in [1.165, 1.54) is 11.0 Å². The molecule has 0 atom stereocenters. The van der Waals surface area contributed by atoms with E-state index in [1.54, 1.807) is 4.90 Å². The first-order valence-electron chi connectivity index (χ1n) is 13.2. The van der Waals surface area contributed by atoms with Gasteiger partial charge in [-0.05, 0) is 35.9 Å². The van der Waals surface area contributed by atoms with Gasteiger partial charge in [-0.3, -0.25) is 9.69 Å². The zero-order valence-corrected chi connectivity index (χ0v) is 23.2. The standard InChI is InChI=1S/C28H23F10N5O3/c29-20-13-17(3-7-21(20)41-24(45)40-19-6-8-22(39-14-19)26(30,31)32)23(44)43-11-9-42(10-12-43)15-16-1-4-18(5-2-16)25(46,27(33,34)35)28(36,37)38/h1-8,13-14,46H,9-12,15H2,(H2,40,41,45). The van der Waals surface area contributed by atoms with Crippen molar-refractivity contribution in [1.82, 2.24) is 14.8 Å². The van der Waals surface area contributed by atoms with Crippen LogP contribution in [0.1, 0.15) is 27.2 Å². The first-order chi connectivity index (χ1) is 21.3. The first-order valence-corrected chi connectivity index (χ1v) is 13.2. The molecule has 0 aliphatic carbocycles. The highest BCUT2D eigenvalue weighted by atomic mass is 19.4. The van der Waals surface area contributed by atoms with Crippen LogP contribution in [0.25, 0.3) is 0 Å². The average Bonchev–Trinajstić information content (AvgIpc) is 2.97. The third-order valence-electron chi connectivity index (χ3n) is 7.03. The van der Waals surface area contributed by atoms with Crippen molar-refractivity contribution in [3.63, 3.8) is 0 Å². The number of rotatable bonds is 6. The molecule has 2 heterocycles. The SMILES string of the molecule is O=C(Nc1ccc(C(F)(F)F)nc1)Nc1ccc(C(=O)N2CCN(Cc3ccc(C(O)(C(F)(F)F)C(F)(F)F)cc3)CC2)cc1F. The lowest BCUT2D eigenvalue weighted by molar-refractivity contribution is -0.376. The second kappa shape index (κ2) is 12.7. The number of aliphatic hydroxyl groups is 1. The van der Waals surface area contributed by atoms with Crippen molar-refractivity contribution in [1.29, 1.82) is 0 Å². The summed E-state index contributed by atoms with van der Waals surface area (Å²) in [5.74, 6) is -1.52. The maximum absolute atomic E-state index is 14.7. The number of urea groups is 1. The van der Waals surface area contributed by atoms with Crippen molar-refractivity contribution in [2.45, 2.75) is 30.7 Å². The quantitative estimate of drug-likeness (QED) is 0.274. The molecule has 2 aromatic carbocycles. The molecule has 18 heteroatoms. The molecule has 3 N–H and O–H groups in total. The number of amides is 3. The number of benzene rings is 2. The number of piperazine rings is 1. The summed E-state index contributed by atoms with van der Waals surface area (Å²) in [4.78, 5) is 31.5. The number of anilines is 2. The Morgan fingerprint density at radius 3 is 1.91 bits per heavy atom. The highest BCUT2D eigenvalue weighted by Crippen LogP contribution is 2.50. The number of alkyl halides is 9. The topological polar surface area (TPSA) is 97.8 Å². The van der Waals surface area contributed by atoms with Crippen LogP contribution in [0, 0.1) is 5.82 Å². The Labute approximate surface area is 253 Å². The summed E-state index contributed by atoms with van der Waals surface area (Å²) in [5.41, 5.74) is -7.69. The summed E-state index contributed by atoms with van der Waals surface area (Å²) in [6.07, 6.45) is -15.9. The smallest absolute Gasteiger partial charge is 0.369 e. The number of hydrogen-bond donors (Lipinski definition) is 3. The monoisotopic (exact) mass is 667 g/mol. The van der Waals surface area contributed by atoms with Gasteiger partial charge in [0.15, 0.2) is 0 Å². The van der Waals surface area contributed by atoms with Gasteiger partial charge in [-0.25, -0.2) is 14.2 Å². The van der Waals surface area contributed by atoms with Crippen molar-refractivity contribution in [3.05, 3.63) is 89.0 Å². The Kier molecular flexibility index (Phi) is 9.54. The van der Waals surface area contributed by atoms with E-state index in [2.05, 4.69) is 15.6 Å². The summed E-state index contributed by atoms with van der Waals surface area (Å²) >= 11 is 0. The summed E-state index contributed by atoms with van der Waals surface area (Å²) in [6, 6.07) is 7.05. The Balaban J connectivity index is 1.30. The van der Waals surface area contributed by atoms with Crippen LogP contribution in [0.15, 0.2) is 60.8 Å². The van der Waals surface area contributed by atoms with E-state index in [0.717, 1.165) is 36.5 Å². The zero-order chi connectivity index (χ0) is 34.1. The van der Waals surface area contributed by atoms with Gasteiger partial charge in [-0.2, -0.15) is 39.5 Å². The zero-order valence-electron chi connectivity index (χ0n) is 23.2. The molecule has 0 bridgehead atoms. The fourth-order valence-electron chi connectivity index (χ4n) is 4.56. The molecule has 1 aliphatic heterocycles. The molecule has 3 aromatic rings. The largest absolute Gasteiger partial charge is 0.433 e. The van der Waals surface area contributed by atoms with E-state index in [0.29, 0.717) is 23.8 Å². The van der Waals surface area contributed by atoms with Gasteiger partial charge in [0.05, 0.1) is 17.6 Å². The van der Waals surface area contributed by atoms with Crippen molar-refractivity contribution >= 4 is 23.3 Å². The Morgan fingerprint density at radius 2 is 1.41 bits per heavy atom. The molecule has 0 unspecified atom stereocenters. The molecule has 1 saturated heterocycles. The number of carbonyl (C=O) groups is 2. The molecule has 3 amide bonds. The van der Waals surface area contributed by atoms with Gasteiger partial charge in [0, 0.05) is 43.9 Å². The van der Waals surface area contributed by atoms with Gasteiger partial charge in [-0.1, -0.05) is 24.3 Å². The van der Waals surface area contributed by atoms with Crippen LogP contribution in [-0.4, -0.2) is 70.4 Å². The van der Waals surface area contributed by atoms with Crippen LogP contribution in [0.2, 0.25) is 0 Å². The van der Waals surface area contributed by atoms with Crippen molar-refractivity contribution < 1.29 is 58.6 Å². The van der Waals surface area contributed by atoms with Crippen molar-refractivity contribution in [2.75, 3.05) is 36.8 Å². The number of halogens is 10. The molecule has 1 aromatic heterocycles. The van der Waals surface area contributed by atoms with E-state index in [1.807, 2.05) is 0 Å². The number of aromatic nitrogens is 1. The molecule has 0 spiro atoms. The van der Waals surface area contributed by atoms with Crippen LogP contribution in [0.4, 0.5) is 60.1 Å². The van der Waals surface area contributed by atoms with E-state index < -0.39 is 53.1 Å². The lowest BCUT2D eigenvalue weighted by Crippen LogP contribution is -2.53. The van der Waals surface area contributed by atoms with Crippen molar-refractivity contribution in [2.24, 2.45) is 0 Å². The minimum Gasteiger partial charge on any atom is -0.369 e. The van der Waals surface area contributed by atoms with E-state index in [4.69, 9.17) is 0 Å². The predicted octanol–water partition coefficient (Wildman–Crippen LogP) is 6.15. The number of pyridine rings is 1. The van der Waals surface area contributed by atoms with Gasteiger partial charge in [0.1, 0.15) is 11.5 Å². The van der Waals surface area contributed by atoms with Crippen LogP contribution < -0.4 is 10.6 Å². The minimum absolute atomic E-state index is 0.0544. The van der Waals surface area contributed by atoms with E-state index in [9.17, 15) is 58.6 Å². The highest BCUT2D eigenvalue weighted by Gasteiger charge is 2.71. The number of hydrogen-bond acceptors (Lipinski definition) is 5. The second-order valence-corrected chi connectivity index (χ2v) is 10.2. The molecular weight excluding hydrogens is 644 g/mol. The van der Waals surface area contributed by atoms with Crippen molar-refractivity contribution in [3.8, 4) is 0 Å². The van der Waals surface area contributed by atoms with Gasteiger partial charge in [0.2, 0.25) is 0 Å². The molecular formula is C28H23F10N5O3. The third-order valence-corrected chi connectivity index (χ3v) is 7.03. The van der Waals surface area contributed by atoms with Gasteiger partial charge in [0.25, 0.3) is 11.5 Å². The molecule has 0 saturated carbocycles. The maximum atomic E-state index is 14.7. The molecule has 46 heavy (non-hydrogen) atoms. The Morgan fingerprint density at radius 1 is 0.804 bits per heavy atom. The summed E-state index contributed by atoms with van der Waals surface area (Å²) in [5, 5.41) is 13.9. The molecule has 0 radical (unpaired) electrons.